The van der Waals surface area contributed by atoms with Gasteiger partial charge in [-0.3, -0.25) is 0 Å². The second kappa shape index (κ2) is 6.91. The number of morpholine rings is 1. The normalized spacial score (nSPS) is 20.5. The molecule has 128 valence electrons. The summed E-state index contributed by atoms with van der Waals surface area (Å²) >= 11 is 0. The first-order valence-electron chi connectivity index (χ1n) is 8.75. The van der Waals surface area contributed by atoms with Crippen molar-refractivity contribution in [1.29, 1.82) is 0 Å². The van der Waals surface area contributed by atoms with Gasteiger partial charge in [0.25, 0.3) is 0 Å². The number of rotatable bonds is 3. The first-order valence-corrected chi connectivity index (χ1v) is 8.75. The molecule has 2 fully saturated rings. The molecule has 6 nitrogen and oxygen atoms in total. The molecular weight excluding hydrogens is 304 g/mol. The summed E-state index contributed by atoms with van der Waals surface area (Å²) in [6.45, 7) is 5.61. The minimum absolute atomic E-state index is 0.393. The molecule has 2 saturated heterocycles. The number of ether oxygens (including phenoxy) is 1. The number of piperidine rings is 1. The van der Waals surface area contributed by atoms with Crippen molar-refractivity contribution in [3.63, 3.8) is 0 Å². The molecule has 0 spiro atoms. The topological polar surface area (TPSA) is 54.6 Å². The Balaban J connectivity index is 1.51. The van der Waals surface area contributed by atoms with Crippen molar-refractivity contribution in [3.8, 4) is 11.4 Å². The number of hydrogen-bond acceptors (Lipinski definition) is 6. The van der Waals surface area contributed by atoms with Crippen LogP contribution in [-0.4, -0.2) is 61.5 Å². The van der Waals surface area contributed by atoms with Gasteiger partial charge in [-0.05, 0) is 45.1 Å². The van der Waals surface area contributed by atoms with Crippen LogP contribution in [0, 0.1) is 0 Å². The van der Waals surface area contributed by atoms with Gasteiger partial charge in [-0.15, -0.1) is 0 Å². The SMILES string of the molecule is CN1CCC(c2nc(-c3cccc(N4CCOCC4)c3)no2)CC1. The number of anilines is 1. The van der Waals surface area contributed by atoms with E-state index in [-0.39, 0.29) is 0 Å². The second-order valence-corrected chi connectivity index (χ2v) is 6.68. The molecule has 0 atom stereocenters. The van der Waals surface area contributed by atoms with E-state index in [1.165, 1.54) is 5.69 Å². The molecule has 0 N–H and O–H groups in total. The molecule has 2 aliphatic heterocycles. The highest BCUT2D eigenvalue weighted by Gasteiger charge is 2.24. The first kappa shape index (κ1) is 15.6. The quantitative estimate of drug-likeness (QED) is 0.862. The minimum Gasteiger partial charge on any atom is -0.378 e. The number of hydrogen-bond donors (Lipinski definition) is 0. The third kappa shape index (κ3) is 3.30. The first-order chi connectivity index (χ1) is 11.8. The van der Waals surface area contributed by atoms with E-state index in [1.54, 1.807) is 0 Å². The summed E-state index contributed by atoms with van der Waals surface area (Å²) in [6.07, 6.45) is 2.18. The fourth-order valence-electron chi connectivity index (χ4n) is 3.44. The summed E-state index contributed by atoms with van der Waals surface area (Å²) in [5, 5.41) is 4.22. The van der Waals surface area contributed by atoms with Crippen molar-refractivity contribution in [1.82, 2.24) is 15.0 Å². The zero-order chi connectivity index (χ0) is 16.4. The molecule has 3 heterocycles. The number of likely N-dealkylation sites (tertiary alicyclic amines) is 1. The molecule has 0 bridgehead atoms. The largest absolute Gasteiger partial charge is 0.378 e. The van der Waals surface area contributed by atoms with Crippen LogP contribution in [0.15, 0.2) is 28.8 Å². The van der Waals surface area contributed by atoms with E-state index < -0.39 is 0 Å². The standard InChI is InChI=1S/C18H24N4O2/c1-21-7-5-14(6-8-21)18-19-17(20-24-18)15-3-2-4-16(13-15)22-9-11-23-12-10-22/h2-4,13-14H,5-12H2,1H3. The van der Waals surface area contributed by atoms with Crippen LogP contribution in [0.4, 0.5) is 5.69 Å². The third-order valence-corrected chi connectivity index (χ3v) is 4.99. The predicted molar refractivity (Wildman–Crippen MR) is 92.2 cm³/mol. The highest BCUT2D eigenvalue weighted by molar-refractivity contribution is 5.63. The van der Waals surface area contributed by atoms with Gasteiger partial charge in [0.05, 0.1) is 13.2 Å². The van der Waals surface area contributed by atoms with E-state index in [4.69, 9.17) is 9.26 Å². The minimum atomic E-state index is 0.393. The molecule has 1 aromatic heterocycles. The predicted octanol–water partition coefficient (Wildman–Crippen LogP) is 2.38. The Kier molecular flexibility index (Phi) is 4.49. The average Bonchev–Trinajstić information content (AvgIpc) is 3.13. The lowest BCUT2D eigenvalue weighted by Gasteiger charge is -2.29. The molecule has 1 aromatic carbocycles. The number of aromatic nitrogens is 2. The van der Waals surface area contributed by atoms with Crippen LogP contribution in [0.3, 0.4) is 0 Å². The van der Waals surface area contributed by atoms with Crippen molar-refractivity contribution in [2.45, 2.75) is 18.8 Å². The fraction of sp³-hybridized carbons (Fsp3) is 0.556. The molecule has 24 heavy (non-hydrogen) atoms. The lowest BCUT2D eigenvalue weighted by atomic mass is 9.97. The monoisotopic (exact) mass is 328 g/mol. The Hall–Kier alpha value is -1.92. The molecule has 6 heteroatoms. The van der Waals surface area contributed by atoms with Crippen LogP contribution in [0.2, 0.25) is 0 Å². The summed E-state index contributed by atoms with van der Waals surface area (Å²) in [7, 11) is 2.16. The van der Waals surface area contributed by atoms with Crippen LogP contribution < -0.4 is 4.90 Å². The van der Waals surface area contributed by atoms with Gasteiger partial charge in [-0.25, -0.2) is 0 Å². The maximum Gasteiger partial charge on any atom is 0.230 e. The van der Waals surface area contributed by atoms with E-state index in [0.29, 0.717) is 11.7 Å². The maximum absolute atomic E-state index is 5.57. The molecule has 0 amide bonds. The molecule has 0 unspecified atom stereocenters. The summed E-state index contributed by atoms with van der Waals surface area (Å²) < 4.78 is 11.0. The zero-order valence-electron chi connectivity index (χ0n) is 14.1. The van der Waals surface area contributed by atoms with Crippen molar-refractivity contribution in [2.24, 2.45) is 0 Å². The van der Waals surface area contributed by atoms with E-state index in [9.17, 15) is 0 Å². The molecule has 2 aliphatic rings. The number of benzene rings is 1. The highest BCUT2D eigenvalue weighted by atomic mass is 16.5. The Morgan fingerprint density at radius 1 is 1.08 bits per heavy atom. The number of nitrogens with zero attached hydrogens (tertiary/aromatic N) is 4. The van der Waals surface area contributed by atoms with Gasteiger partial charge in [0.2, 0.25) is 11.7 Å². The Morgan fingerprint density at radius 3 is 2.67 bits per heavy atom. The zero-order valence-corrected chi connectivity index (χ0v) is 14.1. The van der Waals surface area contributed by atoms with Crippen molar-refractivity contribution in [2.75, 3.05) is 51.3 Å². The van der Waals surface area contributed by atoms with E-state index in [1.807, 2.05) is 6.07 Å². The summed E-state index contributed by atoms with van der Waals surface area (Å²) in [6, 6.07) is 8.39. The van der Waals surface area contributed by atoms with Crippen LogP contribution in [-0.2, 0) is 4.74 Å². The third-order valence-electron chi connectivity index (χ3n) is 4.99. The Labute approximate surface area is 142 Å². The van der Waals surface area contributed by atoms with Crippen LogP contribution in [0.25, 0.3) is 11.4 Å². The van der Waals surface area contributed by atoms with Gasteiger partial charge in [0, 0.05) is 30.3 Å². The maximum atomic E-state index is 5.57. The second-order valence-electron chi connectivity index (χ2n) is 6.68. The van der Waals surface area contributed by atoms with Crippen LogP contribution >= 0.6 is 0 Å². The average molecular weight is 328 g/mol. The molecule has 0 radical (unpaired) electrons. The summed E-state index contributed by atoms with van der Waals surface area (Å²) in [5.74, 6) is 1.87. The lowest BCUT2D eigenvalue weighted by molar-refractivity contribution is 0.122. The highest BCUT2D eigenvalue weighted by Crippen LogP contribution is 2.29. The smallest absolute Gasteiger partial charge is 0.230 e. The van der Waals surface area contributed by atoms with Gasteiger partial charge >= 0.3 is 0 Å². The Morgan fingerprint density at radius 2 is 1.88 bits per heavy atom. The van der Waals surface area contributed by atoms with Gasteiger partial charge < -0.3 is 19.1 Å². The molecule has 4 rings (SSSR count). The van der Waals surface area contributed by atoms with Gasteiger partial charge in [0.15, 0.2) is 0 Å². The van der Waals surface area contributed by atoms with Crippen molar-refractivity contribution >= 4 is 5.69 Å². The molecule has 0 aliphatic carbocycles. The van der Waals surface area contributed by atoms with E-state index in [2.05, 4.69) is 45.2 Å². The summed E-state index contributed by atoms with van der Waals surface area (Å²) in [4.78, 5) is 9.36. The van der Waals surface area contributed by atoms with Gasteiger partial charge in [-0.2, -0.15) is 4.98 Å². The van der Waals surface area contributed by atoms with Gasteiger partial charge in [0.1, 0.15) is 0 Å². The van der Waals surface area contributed by atoms with E-state index in [0.717, 1.165) is 63.7 Å². The lowest BCUT2D eigenvalue weighted by Crippen LogP contribution is -2.36. The van der Waals surface area contributed by atoms with E-state index >= 15 is 0 Å². The summed E-state index contributed by atoms with van der Waals surface area (Å²) in [5.41, 5.74) is 2.21. The van der Waals surface area contributed by atoms with Crippen LogP contribution in [0.5, 0.6) is 0 Å². The Bertz CT molecular complexity index is 673. The molecule has 0 saturated carbocycles. The molecular formula is C18H24N4O2. The molecule has 2 aromatic rings. The van der Waals surface area contributed by atoms with Crippen LogP contribution in [0.1, 0.15) is 24.7 Å². The van der Waals surface area contributed by atoms with Crippen molar-refractivity contribution in [3.05, 3.63) is 30.2 Å². The van der Waals surface area contributed by atoms with Gasteiger partial charge in [-0.1, -0.05) is 17.3 Å². The van der Waals surface area contributed by atoms with Crippen molar-refractivity contribution < 1.29 is 9.26 Å². The fourth-order valence-corrected chi connectivity index (χ4v) is 3.44.